The molecule has 0 aromatic heterocycles. The number of hydrogen-bond donors (Lipinski definition) is 1. The lowest BCUT2D eigenvalue weighted by Gasteiger charge is -2.16. The number of rotatable bonds is 4. The molecule has 4 heteroatoms. The number of nitrogens with zero attached hydrogens (tertiary/aromatic N) is 1. The minimum Gasteiger partial charge on any atom is -0.497 e. The van der Waals surface area contributed by atoms with Crippen LogP contribution in [0.15, 0.2) is 18.2 Å². The Hall–Kier alpha value is -0.770. The molecular formula is C13H18ClNO2. The van der Waals surface area contributed by atoms with Crippen molar-refractivity contribution in [2.24, 2.45) is 5.92 Å². The van der Waals surface area contributed by atoms with Gasteiger partial charge in [-0.1, -0.05) is 17.7 Å². The largest absolute Gasteiger partial charge is 0.497 e. The van der Waals surface area contributed by atoms with E-state index in [0.717, 1.165) is 42.4 Å². The van der Waals surface area contributed by atoms with Crippen LogP contribution in [-0.2, 0) is 6.54 Å². The van der Waals surface area contributed by atoms with E-state index in [9.17, 15) is 0 Å². The van der Waals surface area contributed by atoms with Crippen molar-refractivity contribution >= 4 is 11.6 Å². The summed E-state index contributed by atoms with van der Waals surface area (Å²) >= 11 is 6.20. The SMILES string of the molecule is COc1ccc(CN2CC[C@@H](CO)C2)c(Cl)c1. The fourth-order valence-corrected chi connectivity index (χ4v) is 2.46. The molecule has 0 amide bonds. The lowest BCUT2D eigenvalue weighted by molar-refractivity contribution is 0.220. The fourth-order valence-electron chi connectivity index (χ4n) is 2.23. The number of aliphatic hydroxyl groups excluding tert-OH is 1. The van der Waals surface area contributed by atoms with Crippen molar-refractivity contribution in [3.05, 3.63) is 28.8 Å². The van der Waals surface area contributed by atoms with Crippen LogP contribution in [0.25, 0.3) is 0 Å². The van der Waals surface area contributed by atoms with Gasteiger partial charge in [0.15, 0.2) is 0 Å². The summed E-state index contributed by atoms with van der Waals surface area (Å²) in [5.74, 6) is 1.21. The van der Waals surface area contributed by atoms with Crippen LogP contribution >= 0.6 is 11.6 Å². The van der Waals surface area contributed by atoms with E-state index in [-0.39, 0.29) is 6.61 Å². The van der Waals surface area contributed by atoms with Gasteiger partial charge in [0, 0.05) is 24.7 Å². The van der Waals surface area contributed by atoms with E-state index in [4.69, 9.17) is 21.4 Å². The molecule has 0 saturated carbocycles. The summed E-state index contributed by atoms with van der Waals surface area (Å²) in [7, 11) is 1.64. The molecule has 1 aliphatic heterocycles. The van der Waals surface area contributed by atoms with Crippen molar-refractivity contribution in [1.82, 2.24) is 4.90 Å². The molecule has 0 aliphatic carbocycles. The van der Waals surface area contributed by atoms with Crippen molar-refractivity contribution in [2.45, 2.75) is 13.0 Å². The molecule has 1 aromatic carbocycles. The maximum atomic E-state index is 9.10. The third kappa shape index (κ3) is 3.12. The van der Waals surface area contributed by atoms with Gasteiger partial charge in [-0.05, 0) is 36.6 Å². The molecule has 0 radical (unpaired) electrons. The van der Waals surface area contributed by atoms with Gasteiger partial charge in [-0.15, -0.1) is 0 Å². The molecule has 3 nitrogen and oxygen atoms in total. The van der Waals surface area contributed by atoms with Crippen LogP contribution in [0.2, 0.25) is 5.02 Å². The van der Waals surface area contributed by atoms with Gasteiger partial charge in [0.1, 0.15) is 5.75 Å². The van der Waals surface area contributed by atoms with Gasteiger partial charge < -0.3 is 9.84 Å². The lowest BCUT2D eigenvalue weighted by Crippen LogP contribution is -2.21. The first-order valence-electron chi connectivity index (χ1n) is 5.88. The van der Waals surface area contributed by atoms with Gasteiger partial charge in [-0.2, -0.15) is 0 Å². The third-order valence-corrected chi connectivity index (χ3v) is 3.63. The van der Waals surface area contributed by atoms with Crippen molar-refractivity contribution in [2.75, 3.05) is 26.8 Å². The summed E-state index contributed by atoms with van der Waals surface area (Å²) in [5.41, 5.74) is 1.12. The molecule has 1 saturated heterocycles. The number of benzene rings is 1. The molecule has 0 bridgehead atoms. The zero-order chi connectivity index (χ0) is 12.3. The molecule has 0 spiro atoms. The first-order chi connectivity index (χ1) is 8.22. The summed E-state index contributed by atoms with van der Waals surface area (Å²) in [5, 5.41) is 9.85. The van der Waals surface area contributed by atoms with Crippen LogP contribution < -0.4 is 4.74 Å². The van der Waals surface area contributed by atoms with Crippen LogP contribution in [-0.4, -0.2) is 36.8 Å². The monoisotopic (exact) mass is 255 g/mol. The van der Waals surface area contributed by atoms with E-state index in [1.807, 2.05) is 18.2 Å². The molecule has 1 N–H and O–H groups in total. The number of methoxy groups -OCH3 is 1. The smallest absolute Gasteiger partial charge is 0.120 e. The Labute approximate surface area is 107 Å². The van der Waals surface area contributed by atoms with Crippen molar-refractivity contribution in [1.29, 1.82) is 0 Å². The molecule has 1 atom stereocenters. The second-order valence-corrected chi connectivity index (χ2v) is 4.94. The van der Waals surface area contributed by atoms with E-state index >= 15 is 0 Å². The average Bonchev–Trinajstić information content (AvgIpc) is 2.79. The highest BCUT2D eigenvalue weighted by molar-refractivity contribution is 6.31. The van der Waals surface area contributed by atoms with Crippen LogP contribution in [0.5, 0.6) is 5.75 Å². The van der Waals surface area contributed by atoms with E-state index < -0.39 is 0 Å². The number of halogens is 1. The molecule has 1 aliphatic rings. The third-order valence-electron chi connectivity index (χ3n) is 3.28. The highest BCUT2D eigenvalue weighted by atomic mass is 35.5. The average molecular weight is 256 g/mol. The first kappa shape index (κ1) is 12.7. The molecule has 17 heavy (non-hydrogen) atoms. The van der Waals surface area contributed by atoms with Gasteiger partial charge >= 0.3 is 0 Å². The van der Waals surface area contributed by atoms with E-state index in [1.165, 1.54) is 0 Å². The van der Waals surface area contributed by atoms with Crippen LogP contribution in [0.1, 0.15) is 12.0 Å². The zero-order valence-electron chi connectivity index (χ0n) is 10.0. The summed E-state index contributed by atoms with van der Waals surface area (Å²) in [4.78, 5) is 2.33. The number of likely N-dealkylation sites (tertiary alicyclic amines) is 1. The van der Waals surface area contributed by atoms with E-state index in [1.54, 1.807) is 7.11 Å². The Morgan fingerprint density at radius 3 is 2.94 bits per heavy atom. The standard InChI is InChI=1S/C13H18ClNO2/c1-17-12-3-2-11(13(14)6-12)8-15-5-4-10(7-15)9-16/h2-3,6,10,16H,4-5,7-9H2,1H3/t10-/m1/s1. The number of aliphatic hydroxyl groups is 1. The Morgan fingerprint density at radius 2 is 2.35 bits per heavy atom. The highest BCUT2D eigenvalue weighted by Crippen LogP contribution is 2.25. The molecule has 1 aromatic rings. The van der Waals surface area contributed by atoms with E-state index in [2.05, 4.69) is 4.90 Å². The zero-order valence-corrected chi connectivity index (χ0v) is 10.8. The van der Waals surface area contributed by atoms with Gasteiger partial charge in [0.25, 0.3) is 0 Å². The minimum atomic E-state index is 0.285. The Morgan fingerprint density at radius 1 is 1.53 bits per heavy atom. The quantitative estimate of drug-likeness (QED) is 0.895. The Bertz CT molecular complexity index is 384. The first-order valence-corrected chi connectivity index (χ1v) is 6.26. The lowest BCUT2D eigenvalue weighted by atomic mass is 10.1. The summed E-state index contributed by atoms with van der Waals surface area (Å²) in [6, 6.07) is 5.78. The van der Waals surface area contributed by atoms with Crippen LogP contribution in [0.3, 0.4) is 0 Å². The predicted molar refractivity (Wildman–Crippen MR) is 68.5 cm³/mol. The number of ether oxygens (including phenoxy) is 1. The van der Waals surface area contributed by atoms with Gasteiger partial charge in [-0.25, -0.2) is 0 Å². The van der Waals surface area contributed by atoms with Crippen molar-refractivity contribution in [3.63, 3.8) is 0 Å². The molecule has 94 valence electrons. The second kappa shape index (κ2) is 5.71. The predicted octanol–water partition coefficient (Wildman–Crippen LogP) is 2.16. The molecule has 1 heterocycles. The summed E-state index contributed by atoms with van der Waals surface area (Å²) in [6.07, 6.45) is 1.07. The van der Waals surface area contributed by atoms with Gasteiger partial charge in [0.2, 0.25) is 0 Å². The molecular weight excluding hydrogens is 238 g/mol. The number of hydrogen-bond acceptors (Lipinski definition) is 3. The maximum absolute atomic E-state index is 9.10. The van der Waals surface area contributed by atoms with Gasteiger partial charge in [-0.3, -0.25) is 4.90 Å². The molecule has 1 fully saturated rings. The van der Waals surface area contributed by atoms with Gasteiger partial charge in [0.05, 0.1) is 7.11 Å². The van der Waals surface area contributed by atoms with E-state index in [0.29, 0.717) is 5.92 Å². The highest BCUT2D eigenvalue weighted by Gasteiger charge is 2.22. The van der Waals surface area contributed by atoms with Crippen molar-refractivity contribution in [3.8, 4) is 5.75 Å². The maximum Gasteiger partial charge on any atom is 0.120 e. The minimum absolute atomic E-state index is 0.285. The second-order valence-electron chi connectivity index (χ2n) is 4.53. The fraction of sp³-hybridized carbons (Fsp3) is 0.538. The summed E-state index contributed by atoms with van der Waals surface area (Å²) < 4.78 is 5.12. The Kier molecular flexibility index (Phi) is 4.26. The van der Waals surface area contributed by atoms with Crippen LogP contribution in [0, 0.1) is 5.92 Å². The molecule has 2 rings (SSSR count). The Balaban J connectivity index is 1.99. The van der Waals surface area contributed by atoms with Crippen molar-refractivity contribution < 1.29 is 9.84 Å². The topological polar surface area (TPSA) is 32.7 Å². The van der Waals surface area contributed by atoms with Crippen LogP contribution in [0.4, 0.5) is 0 Å². The normalized spacial score (nSPS) is 20.8. The summed E-state index contributed by atoms with van der Waals surface area (Å²) in [6.45, 7) is 3.12. The molecule has 0 unspecified atom stereocenters.